The van der Waals surface area contributed by atoms with Crippen LogP contribution < -0.4 is 4.72 Å². The minimum Gasteiger partial charge on any atom is -0.299 e. The summed E-state index contributed by atoms with van der Waals surface area (Å²) < 4.78 is 26.5. The van der Waals surface area contributed by atoms with E-state index in [1.807, 2.05) is 6.08 Å². The number of nitrogens with zero attached hydrogens (tertiary/aromatic N) is 1. The van der Waals surface area contributed by atoms with Crippen LogP contribution in [0.15, 0.2) is 30.8 Å². The van der Waals surface area contributed by atoms with Crippen LogP contribution in [0.3, 0.4) is 0 Å². The van der Waals surface area contributed by atoms with E-state index < -0.39 is 10.0 Å². The summed E-state index contributed by atoms with van der Waals surface area (Å²) in [4.78, 5) is 2.42. The first-order valence-electron chi connectivity index (χ1n) is 8.33. The molecular weight excluding hydrogens is 308 g/mol. The van der Waals surface area contributed by atoms with Crippen molar-refractivity contribution in [1.29, 1.82) is 0 Å². The van der Waals surface area contributed by atoms with Gasteiger partial charge < -0.3 is 0 Å². The zero-order valence-corrected chi connectivity index (χ0v) is 15.0. The Morgan fingerprint density at radius 1 is 1.43 bits per heavy atom. The zero-order valence-electron chi connectivity index (χ0n) is 14.2. The summed E-state index contributed by atoms with van der Waals surface area (Å²) in [6.07, 6.45) is 4.07. The fourth-order valence-electron chi connectivity index (χ4n) is 2.94. The standard InChI is InChI=1S/C18H28N2O2S/c1-4-16-7-5-8-17(11-16)13-20-10-6-9-18(14-20)12-19-23(21,22)15(2)3/h4-5,7-8,11,15,18-19H,1,6,9-10,12-14H2,2-3H3/t18-/m1/s1. The highest BCUT2D eigenvalue weighted by atomic mass is 32.2. The Labute approximate surface area is 140 Å². The third-order valence-electron chi connectivity index (χ3n) is 4.39. The van der Waals surface area contributed by atoms with Crippen molar-refractivity contribution < 1.29 is 8.42 Å². The van der Waals surface area contributed by atoms with Crippen LogP contribution >= 0.6 is 0 Å². The SMILES string of the molecule is C=Cc1cccc(CN2CCC[C@H](CNS(=O)(=O)C(C)C)C2)c1. The minimum atomic E-state index is -3.16. The van der Waals surface area contributed by atoms with Crippen molar-refractivity contribution in [1.82, 2.24) is 9.62 Å². The predicted molar refractivity (Wildman–Crippen MR) is 96.6 cm³/mol. The predicted octanol–water partition coefficient (Wildman–Crippen LogP) is 2.87. The van der Waals surface area contributed by atoms with Gasteiger partial charge in [0.15, 0.2) is 0 Å². The van der Waals surface area contributed by atoms with Crippen molar-refractivity contribution in [3.8, 4) is 0 Å². The maximum absolute atomic E-state index is 11.9. The highest BCUT2D eigenvalue weighted by Crippen LogP contribution is 2.19. The van der Waals surface area contributed by atoms with E-state index >= 15 is 0 Å². The van der Waals surface area contributed by atoms with E-state index in [-0.39, 0.29) is 5.25 Å². The number of hydrogen-bond acceptors (Lipinski definition) is 3. The summed E-state index contributed by atoms with van der Waals surface area (Å²) in [5.41, 5.74) is 2.42. The maximum atomic E-state index is 11.9. The van der Waals surface area contributed by atoms with Crippen LogP contribution in [-0.2, 0) is 16.6 Å². The molecule has 0 spiro atoms. The van der Waals surface area contributed by atoms with Gasteiger partial charge in [-0.1, -0.05) is 36.9 Å². The van der Waals surface area contributed by atoms with Crippen LogP contribution in [0.5, 0.6) is 0 Å². The molecule has 1 saturated heterocycles. The van der Waals surface area contributed by atoms with Crippen LogP contribution in [0, 0.1) is 5.92 Å². The van der Waals surface area contributed by atoms with Crippen molar-refractivity contribution >= 4 is 16.1 Å². The van der Waals surface area contributed by atoms with Crippen molar-refractivity contribution in [2.45, 2.75) is 38.5 Å². The van der Waals surface area contributed by atoms with Gasteiger partial charge in [-0.05, 0) is 50.3 Å². The Morgan fingerprint density at radius 3 is 2.91 bits per heavy atom. The monoisotopic (exact) mass is 336 g/mol. The minimum absolute atomic E-state index is 0.371. The molecule has 4 nitrogen and oxygen atoms in total. The Bertz CT molecular complexity index is 626. The average Bonchev–Trinajstić information content (AvgIpc) is 2.53. The van der Waals surface area contributed by atoms with Gasteiger partial charge in [-0.2, -0.15) is 0 Å². The van der Waals surface area contributed by atoms with Gasteiger partial charge in [0, 0.05) is 19.6 Å². The number of rotatable bonds is 7. The lowest BCUT2D eigenvalue weighted by Crippen LogP contribution is -2.42. The molecule has 0 amide bonds. The third kappa shape index (κ3) is 5.44. The Balaban J connectivity index is 1.89. The molecule has 1 atom stereocenters. The summed E-state index contributed by atoms with van der Waals surface area (Å²) in [6.45, 7) is 10.7. The number of sulfonamides is 1. The van der Waals surface area contributed by atoms with Crippen LogP contribution in [0.25, 0.3) is 6.08 Å². The maximum Gasteiger partial charge on any atom is 0.213 e. The second kappa shape index (κ2) is 8.08. The second-order valence-electron chi connectivity index (χ2n) is 6.63. The summed E-state index contributed by atoms with van der Waals surface area (Å²) in [5.74, 6) is 0.389. The van der Waals surface area contributed by atoms with E-state index in [0.717, 1.165) is 38.0 Å². The molecule has 0 saturated carbocycles. The average molecular weight is 337 g/mol. The van der Waals surface area contributed by atoms with Gasteiger partial charge in [-0.3, -0.25) is 4.90 Å². The lowest BCUT2D eigenvalue weighted by Gasteiger charge is -2.33. The van der Waals surface area contributed by atoms with Crippen molar-refractivity contribution in [3.63, 3.8) is 0 Å². The largest absolute Gasteiger partial charge is 0.299 e. The molecule has 0 radical (unpaired) electrons. The molecule has 1 aliphatic heterocycles. The first-order chi connectivity index (χ1) is 10.9. The van der Waals surface area contributed by atoms with Gasteiger partial charge in [0.05, 0.1) is 5.25 Å². The highest BCUT2D eigenvalue weighted by Gasteiger charge is 2.23. The molecule has 2 rings (SSSR count). The van der Waals surface area contributed by atoms with Crippen LogP contribution in [-0.4, -0.2) is 38.2 Å². The third-order valence-corrected chi connectivity index (χ3v) is 6.20. The number of benzene rings is 1. The number of nitrogens with one attached hydrogen (secondary N) is 1. The van der Waals surface area contributed by atoms with E-state index in [9.17, 15) is 8.42 Å². The molecule has 1 aromatic carbocycles. The number of likely N-dealkylation sites (tertiary alicyclic amines) is 1. The van der Waals surface area contributed by atoms with Crippen LogP contribution in [0.1, 0.15) is 37.8 Å². The molecular formula is C18H28N2O2S. The van der Waals surface area contributed by atoms with Gasteiger partial charge in [0.25, 0.3) is 0 Å². The topological polar surface area (TPSA) is 49.4 Å². The van der Waals surface area contributed by atoms with E-state index in [0.29, 0.717) is 12.5 Å². The summed E-state index contributed by atoms with van der Waals surface area (Å²) in [6, 6.07) is 8.41. The van der Waals surface area contributed by atoms with Crippen molar-refractivity contribution in [3.05, 3.63) is 42.0 Å². The second-order valence-corrected chi connectivity index (χ2v) is 8.96. The molecule has 0 aromatic heterocycles. The molecule has 128 valence electrons. The molecule has 1 aliphatic rings. The quantitative estimate of drug-likeness (QED) is 0.833. The van der Waals surface area contributed by atoms with Gasteiger partial charge in [0.2, 0.25) is 10.0 Å². The molecule has 0 aliphatic carbocycles. The van der Waals surface area contributed by atoms with Gasteiger partial charge in [-0.15, -0.1) is 0 Å². The normalized spacial score (nSPS) is 19.9. The lowest BCUT2D eigenvalue weighted by molar-refractivity contribution is 0.169. The zero-order chi connectivity index (χ0) is 16.9. The summed E-state index contributed by atoms with van der Waals surface area (Å²) >= 11 is 0. The lowest BCUT2D eigenvalue weighted by atomic mass is 9.97. The molecule has 5 heteroatoms. The fourth-order valence-corrected chi connectivity index (χ4v) is 3.74. The molecule has 1 aromatic rings. The van der Waals surface area contributed by atoms with Crippen LogP contribution in [0.2, 0.25) is 0 Å². The highest BCUT2D eigenvalue weighted by molar-refractivity contribution is 7.90. The van der Waals surface area contributed by atoms with Gasteiger partial charge >= 0.3 is 0 Å². The molecule has 0 bridgehead atoms. The molecule has 23 heavy (non-hydrogen) atoms. The van der Waals surface area contributed by atoms with Crippen molar-refractivity contribution in [2.75, 3.05) is 19.6 Å². The van der Waals surface area contributed by atoms with Crippen molar-refractivity contribution in [2.24, 2.45) is 5.92 Å². The number of hydrogen-bond donors (Lipinski definition) is 1. The Kier molecular flexibility index (Phi) is 6.39. The molecule has 0 unspecified atom stereocenters. The van der Waals surface area contributed by atoms with Gasteiger partial charge in [-0.25, -0.2) is 13.1 Å². The smallest absolute Gasteiger partial charge is 0.213 e. The Hall–Kier alpha value is -1.17. The Morgan fingerprint density at radius 2 is 2.22 bits per heavy atom. The van der Waals surface area contributed by atoms with Gasteiger partial charge in [0.1, 0.15) is 0 Å². The van der Waals surface area contributed by atoms with E-state index in [4.69, 9.17) is 0 Å². The summed E-state index contributed by atoms with van der Waals surface area (Å²) in [7, 11) is -3.16. The van der Waals surface area contributed by atoms with Crippen LogP contribution in [0.4, 0.5) is 0 Å². The summed E-state index contributed by atoms with van der Waals surface area (Å²) in [5, 5.41) is -0.371. The van der Waals surface area contributed by atoms with E-state index in [1.54, 1.807) is 13.8 Å². The van der Waals surface area contributed by atoms with E-state index in [2.05, 4.69) is 40.5 Å². The first-order valence-corrected chi connectivity index (χ1v) is 9.87. The first kappa shape index (κ1) is 18.2. The van der Waals surface area contributed by atoms with E-state index in [1.165, 1.54) is 5.56 Å². The number of piperidine rings is 1. The fraction of sp³-hybridized carbons (Fsp3) is 0.556. The molecule has 1 fully saturated rings. The molecule has 1 heterocycles. The molecule has 1 N–H and O–H groups in total.